The fourth-order valence-electron chi connectivity index (χ4n) is 1.93. The summed E-state index contributed by atoms with van der Waals surface area (Å²) in [6.07, 6.45) is 0. The summed E-state index contributed by atoms with van der Waals surface area (Å²) in [5.74, 6) is 1.17. The molecule has 0 unspecified atom stereocenters. The Kier molecular flexibility index (Phi) is 6.23. The molecule has 120 valence electrons. The van der Waals surface area contributed by atoms with Crippen LogP contribution in [0.3, 0.4) is 0 Å². The Balaban J connectivity index is 1.75. The zero-order valence-electron chi connectivity index (χ0n) is 13.2. The number of aryl methyl sites for hydroxylation is 1. The van der Waals surface area contributed by atoms with E-state index in [1.165, 1.54) is 11.8 Å². The Morgan fingerprint density at radius 1 is 1.00 bits per heavy atom. The van der Waals surface area contributed by atoms with E-state index in [4.69, 9.17) is 4.74 Å². The average molecular weight is 329 g/mol. The van der Waals surface area contributed by atoms with Crippen molar-refractivity contribution in [3.63, 3.8) is 0 Å². The van der Waals surface area contributed by atoms with Crippen LogP contribution in [0.25, 0.3) is 0 Å². The smallest absolute Gasteiger partial charge is 0.234 e. The van der Waals surface area contributed by atoms with Crippen LogP contribution in [0.15, 0.2) is 48.5 Å². The van der Waals surface area contributed by atoms with Gasteiger partial charge in [-0.2, -0.15) is 0 Å². The highest BCUT2D eigenvalue weighted by Crippen LogP contribution is 2.15. The molecular formula is C18H19NO3S. The summed E-state index contributed by atoms with van der Waals surface area (Å²) in [6, 6.07) is 14.6. The van der Waals surface area contributed by atoms with Gasteiger partial charge in [-0.15, -0.1) is 11.8 Å². The monoisotopic (exact) mass is 329 g/mol. The first kappa shape index (κ1) is 17.1. The lowest BCUT2D eigenvalue weighted by Gasteiger charge is -2.06. The van der Waals surface area contributed by atoms with Gasteiger partial charge in [0.1, 0.15) is 5.75 Å². The van der Waals surface area contributed by atoms with E-state index in [2.05, 4.69) is 5.32 Å². The maximum Gasteiger partial charge on any atom is 0.234 e. The highest BCUT2D eigenvalue weighted by atomic mass is 32.2. The molecule has 5 heteroatoms. The molecule has 1 N–H and O–H groups in total. The number of hydrogen-bond donors (Lipinski definition) is 1. The quantitative estimate of drug-likeness (QED) is 0.789. The normalized spacial score (nSPS) is 10.2. The molecule has 0 aliphatic carbocycles. The molecule has 0 aromatic heterocycles. The topological polar surface area (TPSA) is 55.4 Å². The van der Waals surface area contributed by atoms with E-state index in [1.807, 2.05) is 31.2 Å². The van der Waals surface area contributed by atoms with Gasteiger partial charge in [-0.3, -0.25) is 9.59 Å². The van der Waals surface area contributed by atoms with Crippen molar-refractivity contribution in [2.45, 2.75) is 6.92 Å². The summed E-state index contributed by atoms with van der Waals surface area (Å²) in [5, 5.41) is 2.79. The third-order valence-electron chi connectivity index (χ3n) is 3.21. The van der Waals surface area contributed by atoms with Crippen molar-refractivity contribution in [1.82, 2.24) is 0 Å². The van der Waals surface area contributed by atoms with Gasteiger partial charge in [-0.25, -0.2) is 0 Å². The number of anilines is 1. The Bertz CT molecular complexity index is 666. The fourth-order valence-corrected chi connectivity index (χ4v) is 2.64. The fraction of sp³-hybridized carbons (Fsp3) is 0.222. The molecule has 4 nitrogen and oxygen atoms in total. The van der Waals surface area contributed by atoms with Crippen LogP contribution in [-0.2, 0) is 4.79 Å². The Morgan fingerprint density at radius 3 is 2.26 bits per heavy atom. The maximum atomic E-state index is 12.0. The second-order valence-corrected chi connectivity index (χ2v) is 6.04. The van der Waals surface area contributed by atoms with Gasteiger partial charge >= 0.3 is 0 Å². The summed E-state index contributed by atoms with van der Waals surface area (Å²) < 4.78 is 5.06. The number of nitrogens with one attached hydrogen (secondary N) is 1. The molecule has 0 aliphatic rings. The minimum Gasteiger partial charge on any atom is -0.497 e. The van der Waals surface area contributed by atoms with Crippen molar-refractivity contribution in [3.8, 4) is 5.75 Å². The molecule has 0 atom stereocenters. The number of thioether (sulfide) groups is 1. The molecule has 0 saturated carbocycles. The minimum atomic E-state index is -0.128. The molecule has 0 bridgehead atoms. The van der Waals surface area contributed by atoms with Crippen molar-refractivity contribution < 1.29 is 14.3 Å². The van der Waals surface area contributed by atoms with E-state index < -0.39 is 0 Å². The third kappa shape index (κ3) is 5.45. The largest absolute Gasteiger partial charge is 0.497 e. The number of hydrogen-bond acceptors (Lipinski definition) is 4. The van der Waals surface area contributed by atoms with Gasteiger partial charge in [0, 0.05) is 11.3 Å². The Morgan fingerprint density at radius 2 is 1.65 bits per heavy atom. The lowest BCUT2D eigenvalue weighted by Crippen LogP contribution is -2.15. The van der Waals surface area contributed by atoms with Crippen LogP contribution in [0, 0.1) is 6.92 Å². The minimum absolute atomic E-state index is 0.0345. The summed E-state index contributed by atoms with van der Waals surface area (Å²) >= 11 is 1.31. The Hall–Kier alpha value is -2.27. The number of carbonyl (C=O) groups is 2. The first-order valence-corrected chi connectivity index (χ1v) is 8.35. The second kappa shape index (κ2) is 8.39. The molecular weight excluding hydrogens is 310 g/mol. The number of carbonyl (C=O) groups excluding carboxylic acids is 2. The van der Waals surface area contributed by atoms with Gasteiger partial charge in [0.15, 0.2) is 5.78 Å². The first-order valence-electron chi connectivity index (χ1n) is 7.20. The molecule has 0 saturated heterocycles. The van der Waals surface area contributed by atoms with Gasteiger partial charge in [0.2, 0.25) is 5.91 Å². The molecule has 0 fully saturated rings. The summed E-state index contributed by atoms with van der Waals surface area (Å²) in [4.78, 5) is 23.9. The molecule has 0 spiro atoms. The first-order chi connectivity index (χ1) is 11.1. The van der Waals surface area contributed by atoms with Gasteiger partial charge in [-0.1, -0.05) is 29.8 Å². The predicted molar refractivity (Wildman–Crippen MR) is 94.5 cm³/mol. The summed E-state index contributed by atoms with van der Waals surface area (Å²) in [7, 11) is 1.59. The zero-order valence-corrected chi connectivity index (χ0v) is 14.0. The van der Waals surface area contributed by atoms with Gasteiger partial charge in [0.25, 0.3) is 0 Å². The maximum absolute atomic E-state index is 12.0. The SMILES string of the molecule is COc1ccc(NC(=O)CSCC(=O)c2ccc(C)cc2)cc1. The molecule has 2 rings (SSSR count). The highest BCUT2D eigenvalue weighted by Gasteiger charge is 2.08. The van der Waals surface area contributed by atoms with Gasteiger partial charge in [-0.05, 0) is 31.2 Å². The van der Waals surface area contributed by atoms with Crippen molar-refractivity contribution in [1.29, 1.82) is 0 Å². The summed E-state index contributed by atoms with van der Waals surface area (Å²) in [6.45, 7) is 1.98. The number of amides is 1. The van der Waals surface area contributed by atoms with E-state index in [-0.39, 0.29) is 17.4 Å². The van der Waals surface area contributed by atoms with Crippen LogP contribution < -0.4 is 10.1 Å². The molecule has 0 heterocycles. The molecule has 23 heavy (non-hydrogen) atoms. The lowest BCUT2D eigenvalue weighted by atomic mass is 10.1. The number of methoxy groups -OCH3 is 1. The second-order valence-electron chi connectivity index (χ2n) is 5.06. The van der Waals surface area contributed by atoms with E-state index in [1.54, 1.807) is 31.4 Å². The van der Waals surface area contributed by atoms with Gasteiger partial charge < -0.3 is 10.1 Å². The van der Waals surface area contributed by atoms with E-state index in [0.717, 1.165) is 11.3 Å². The van der Waals surface area contributed by atoms with E-state index in [0.29, 0.717) is 17.0 Å². The molecule has 1 amide bonds. The average Bonchev–Trinajstić information content (AvgIpc) is 2.56. The highest BCUT2D eigenvalue weighted by molar-refractivity contribution is 8.00. The lowest BCUT2D eigenvalue weighted by molar-refractivity contribution is -0.113. The van der Waals surface area contributed by atoms with E-state index in [9.17, 15) is 9.59 Å². The standard InChI is InChI=1S/C18H19NO3S/c1-13-3-5-14(6-4-13)17(20)11-23-12-18(21)19-15-7-9-16(22-2)10-8-15/h3-10H,11-12H2,1-2H3,(H,19,21). The number of benzene rings is 2. The van der Waals surface area contributed by atoms with E-state index >= 15 is 0 Å². The Labute approximate surface area is 140 Å². The molecule has 2 aromatic rings. The third-order valence-corrected chi connectivity index (χ3v) is 4.15. The van der Waals surface area contributed by atoms with Crippen LogP contribution in [0.2, 0.25) is 0 Å². The van der Waals surface area contributed by atoms with Crippen LogP contribution in [-0.4, -0.2) is 30.3 Å². The molecule has 0 aliphatic heterocycles. The van der Waals surface area contributed by atoms with Gasteiger partial charge in [0.05, 0.1) is 18.6 Å². The summed E-state index contributed by atoms with van der Waals surface area (Å²) in [5.41, 5.74) is 2.51. The molecule has 0 radical (unpaired) electrons. The number of rotatable bonds is 7. The van der Waals surface area contributed by atoms with Crippen molar-refractivity contribution in [2.75, 3.05) is 23.9 Å². The van der Waals surface area contributed by atoms with Crippen LogP contribution in [0.1, 0.15) is 15.9 Å². The van der Waals surface area contributed by atoms with Crippen molar-refractivity contribution in [2.24, 2.45) is 0 Å². The van der Waals surface area contributed by atoms with Crippen LogP contribution >= 0.6 is 11.8 Å². The number of ketones is 1. The predicted octanol–water partition coefficient (Wildman–Crippen LogP) is 3.56. The van der Waals surface area contributed by atoms with Crippen molar-refractivity contribution >= 4 is 29.1 Å². The van der Waals surface area contributed by atoms with Crippen LogP contribution in [0.4, 0.5) is 5.69 Å². The van der Waals surface area contributed by atoms with Crippen LogP contribution in [0.5, 0.6) is 5.75 Å². The number of Topliss-reactive ketones (excluding diaryl/α,β-unsaturated/α-hetero) is 1. The zero-order chi connectivity index (χ0) is 16.7. The van der Waals surface area contributed by atoms with Crippen molar-refractivity contribution in [3.05, 3.63) is 59.7 Å². The number of ether oxygens (including phenoxy) is 1. The molecule has 2 aromatic carbocycles.